The Labute approximate surface area is 132 Å². The highest BCUT2D eigenvalue weighted by atomic mass is 79.9. The number of halogens is 2. The average Bonchev–Trinajstić information content (AvgIpc) is 2.38. The number of piperidine rings is 1. The SMILES string of the molecule is CC(=O)CC1CCCCN1C(=O)c1ccc(Cl)cc1Br. The fourth-order valence-electron chi connectivity index (χ4n) is 2.63. The van der Waals surface area contributed by atoms with Crippen LogP contribution in [0, 0.1) is 0 Å². The lowest BCUT2D eigenvalue weighted by Gasteiger charge is -2.35. The summed E-state index contributed by atoms with van der Waals surface area (Å²) in [6, 6.07) is 5.19. The van der Waals surface area contributed by atoms with Crippen LogP contribution in [0.2, 0.25) is 5.02 Å². The molecule has 1 aliphatic heterocycles. The molecule has 1 aromatic carbocycles. The van der Waals surface area contributed by atoms with Crippen molar-refractivity contribution in [1.29, 1.82) is 0 Å². The largest absolute Gasteiger partial charge is 0.335 e. The zero-order valence-corrected chi connectivity index (χ0v) is 13.7. The molecule has 0 aliphatic carbocycles. The molecule has 1 fully saturated rings. The monoisotopic (exact) mass is 357 g/mol. The van der Waals surface area contributed by atoms with Crippen molar-refractivity contribution in [2.24, 2.45) is 0 Å². The van der Waals surface area contributed by atoms with E-state index in [0.29, 0.717) is 28.0 Å². The Kier molecular flexibility index (Phi) is 5.22. The van der Waals surface area contributed by atoms with Crippen LogP contribution in [0.3, 0.4) is 0 Å². The highest BCUT2D eigenvalue weighted by Crippen LogP contribution is 2.27. The highest BCUT2D eigenvalue weighted by molar-refractivity contribution is 9.10. The van der Waals surface area contributed by atoms with Gasteiger partial charge in [-0.25, -0.2) is 0 Å². The van der Waals surface area contributed by atoms with Crippen molar-refractivity contribution >= 4 is 39.2 Å². The molecule has 1 heterocycles. The smallest absolute Gasteiger partial charge is 0.255 e. The summed E-state index contributed by atoms with van der Waals surface area (Å²) >= 11 is 9.29. The molecule has 108 valence electrons. The molecule has 0 saturated carbocycles. The lowest BCUT2D eigenvalue weighted by molar-refractivity contribution is -0.118. The van der Waals surface area contributed by atoms with E-state index in [9.17, 15) is 9.59 Å². The van der Waals surface area contributed by atoms with E-state index in [1.165, 1.54) is 0 Å². The summed E-state index contributed by atoms with van der Waals surface area (Å²) in [5.74, 6) is 0.101. The molecule has 0 radical (unpaired) electrons. The second-order valence-corrected chi connectivity index (χ2v) is 6.47. The van der Waals surface area contributed by atoms with E-state index in [1.54, 1.807) is 25.1 Å². The summed E-state index contributed by atoms with van der Waals surface area (Å²) in [6.07, 6.45) is 3.41. The lowest BCUT2D eigenvalue weighted by atomic mass is 9.97. The molecule has 20 heavy (non-hydrogen) atoms. The van der Waals surface area contributed by atoms with E-state index in [2.05, 4.69) is 15.9 Å². The average molecular weight is 359 g/mol. The molecule has 1 amide bonds. The topological polar surface area (TPSA) is 37.4 Å². The minimum atomic E-state index is -0.0282. The first-order valence-corrected chi connectivity index (χ1v) is 7.91. The Hall–Kier alpha value is -0.870. The van der Waals surface area contributed by atoms with Gasteiger partial charge in [0.2, 0.25) is 0 Å². The Bertz CT molecular complexity index is 533. The summed E-state index contributed by atoms with van der Waals surface area (Å²) in [7, 11) is 0. The number of hydrogen-bond donors (Lipinski definition) is 0. The number of Topliss-reactive ketones (excluding diaryl/α,β-unsaturated/α-hetero) is 1. The number of carbonyl (C=O) groups is 2. The summed E-state index contributed by atoms with van der Waals surface area (Å²) in [6.45, 7) is 2.29. The first-order chi connectivity index (χ1) is 9.49. The van der Waals surface area contributed by atoms with Crippen LogP contribution >= 0.6 is 27.5 Å². The maximum absolute atomic E-state index is 12.7. The second kappa shape index (κ2) is 6.72. The minimum Gasteiger partial charge on any atom is -0.335 e. The third-order valence-corrected chi connectivity index (χ3v) is 4.46. The van der Waals surface area contributed by atoms with Crippen molar-refractivity contribution in [3.63, 3.8) is 0 Å². The molecule has 0 N–H and O–H groups in total. The Morgan fingerprint density at radius 1 is 1.40 bits per heavy atom. The summed E-state index contributed by atoms with van der Waals surface area (Å²) in [4.78, 5) is 25.9. The normalized spacial score (nSPS) is 18.9. The zero-order valence-electron chi connectivity index (χ0n) is 11.4. The van der Waals surface area contributed by atoms with Crippen LogP contribution in [0.5, 0.6) is 0 Å². The quantitative estimate of drug-likeness (QED) is 0.816. The maximum Gasteiger partial charge on any atom is 0.255 e. The fourth-order valence-corrected chi connectivity index (χ4v) is 3.48. The number of likely N-dealkylation sites (tertiary alicyclic amines) is 1. The summed E-state index contributed by atoms with van der Waals surface area (Å²) < 4.78 is 0.696. The van der Waals surface area contributed by atoms with Crippen LogP contribution in [0.4, 0.5) is 0 Å². The van der Waals surface area contributed by atoms with Crippen LogP contribution in [-0.2, 0) is 4.79 Å². The van der Waals surface area contributed by atoms with Gasteiger partial charge in [-0.05, 0) is 60.3 Å². The molecule has 3 nitrogen and oxygen atoms in total. The van der Waals surface area contributed by atoms with Gasteiger partial charge in [0.1, 0.15) is 5.78 Å². The van der Waals surface area contributed by atoms with Crippen molar-refractivity contribution in [1.82, 2.24) is 4.90 Å². The first-order valence-electron chi connectivity index (χ1n) is 6.74. The molecule has 0 aromatic heterocycles. The third-order valence-electron chi connectivity index (χ3n) is 3.57. The van der Waals surface area contributed by atoms with E-state index >= 15 is 0 Å². The van der Waals surface area contributed by atoms with E-state index in [0.717, 1.165) is 19.3 Å². The summed E-state index contributed by atoms with van der Waals surface area (Å²) in [5, 5.41) is 0.590. The predicted octanol–water partition coefficient (Wildman–Crippen LogP) is 4.08. The lowest BCUT2D eigenvalue weighted by Crippen LogP contribution is -2.44. The van der Waals surface area contributed by atoms with Crippen LogP contribution in [0.25, 0.3) is 0 Å². The maximum atomic E-state index is 12.7. The van der Waals surface area contributed by atoms with E-state index < -0.39 is 0 Å². The van der Waals surface area contributed by atoms with Gasteiger partial charge in [-0.1, -0.05) is 11.6 Å². The Morgan fingerprint density at radius 2 is 2.15 bits per heavy atom. The van der Waals surface area contributed by atoms with Crippen molar-refractivity contribution in [2.45, 2.75) is 38.6 Å². The highest BCUT2D eigenvalue weighted by Gasteiger charge is 2.29. The molecule has 1 unspecified atom stereocenters. The fraction of sp³-hybridized carbons (Fsp3) is 0.467. The van der Waals surface area contributed by atoms with Crippen molar-refractivity contribution in [2.75, 3.05) is 6.54 Å². The molecule has 0 spiro atoms. The molecular weight excluding hydrogens is 342 g/mol. The predicted molar refractivity (Wildman–Crippen MR) is 83.1 cm³/mol. The molecule has 0 bridgehead atoms. The number of rotatable bonds is 3. The number of carbonyl (C=O) groups excluding carboxylic acids is 2. The van der Waals surface area contributed by atoms with E-state index in [4.69, 9.17) is 11.6 Å². The van der Waals surface area contributed by atoms with Gasteiger partial charge in [-0.3, -0.25) is 9.59 Å². The Balaban J connectivity index is 2.22. The molecule has 1 aromatic rings. The van der Waals surface area contributed by atoms with Gasteiger partial charge in [0.15, 0.2) is 0 Å². The van der Waals surface area contributed by atoms with Crippen molar-refractivity contribution < 1.29 is 9.59 Å². The van der Waals surface area contributed by atoms with Crippen LogP contribution < -0.4 is 0 Å². The van der Waals surface area contributed by atoms with Gasteiger partial charge >= 0.3 is 0 Å². The number of hydrogen-bond acceptors (Lipinski definition) is 2. The molecule has 1 atom stereocenters. The molecule has 1 saturated heterocycles. The molecular formula is C15H17BrClNO2. The number of amides is 1. The van der Waals surface area contributed by atoms with Gasteiger partial charge in [0.05, 0.1) is 5.56 Å². The molecule has 2 rings (SSSR count). The molecule has 1 aliphatic rings. The van der Waals surface area contributed by atoms with Gasteiger partial charge in [0, 0.05) is 28.5 Å². The van der Waals surface area contributed by atoms with Gasteiger partial charge in [-0.2, -0.15) is 0 Å². The van der Waals surface area contributed by atoms with E-state index in [-0.39, 0.29) is 17.7 Å². The third kappa shape index (κ3) is 3.61. The minimum absolute atomic E-state index is 0.0244. The molecule has 5 heteroatoms. The van der Waals surface area contributed by atoms with Gasteiger partial charge < -0.3 is 4.90 Å². The number of benzene rings is 1. The zero-order chi connectivity index (χ0) is 14.7. The van der Waals surface area contributed by atoms with E-state index in [1.807, 2.05) is 4.90 Å². The number of nitrogens with zero attached hydrogens (tertiary/aromatic N) is 1. The van der Waals surface area contributed by atoms with Crippen LogP contribution in [0.15, 0.2) is 22.7 Å². The number of ketones is 1. The van der Waals surface area contributed by atoms with Crippen LogP contribution in [0.1, 0.15) is 43.0 Å². The van der Waals surface area contributed by atoms with Gasteiger partial charge in [0.25, 0.3) is 5.91 Å². The summed E-state index contributed by atoms with van der Waals surface area (Å²) in [5.41, 5.74) is 0.602. The standard InChI is InChI=1S/C15H17BrClNO2/c1-10(19)8-12-4-2-3-7-18(12)15(20)13-6-5-11(17)9-14(13)16/h5-6,9,12H,2-4,7-8H2,1H3. The Morgan fingerprint density at radius 3 is 2.80 bits per heavy atom. The van der Waals surface area contributed by atoms with Crippen molar-refractivity contribution in [3.05, 3.63) is 33.3 Å². The van der Waals surface area contributed by atoms with Gasteiger partial charge in [-0.15, -0.1) is 0 Å². The van der Waals surface area contributed by atoms with Crippen molar-refractivity contribution in [3.8, 4) is 0 Å². The second-order valence-electron chi connectivity index (χ2n) is 5.18. The van der Waals surface area contributed by atoms with Crippen LogP contribution in [-0.4, -0.2) is 29.2 Å². The first kappa shape index (κ1) is 15.5.